The summed E-state index contributed by atoms with van der Waals surface area (Å²) < 4.78 is 11.0. The Balaban J connectivity index is 2.00. The third-order valence-electron chi connectivity index (χ3n) is 3.73. The van der Waals surface area contributed by atoms with Crippen LogP contribution in [-0.4, -0.2) is 19.6 Å². The highest BCUT2D eigenvalue weighted by Gasteiger charge is 2.12. The van der Waals surface area contributed by atoms with E-state index in [1.807, 2.05) is 55.5 Å². The molecule has 0 bridgehead atoms. The van der Waals surface area contributed by atoms with Gasteiger partial charge in [-0.05, 0) is 36.6 Å². The fraction of sp³-hybridized carbons (Fsp3) is 0.350. The molecular formula is C20H25NO3. The molecule has 1 amide bonds. The van der Waals surface area contributed by atoms with Gasteiger partial charge in [-0.3, -0.25) is 4.79 Å². The van der Waals surface area contributed by atoms with Crippen molar-refractivity contribution in [1.82, 2.24) is 5.32 Å². The van der Waals surface area contributed by atoms with Crippen molar-refractivity contribution in [2.45, 2.75) is 32.7 Å². The maximum Gasteiger partial charge on any atom is 0.224 e. The van der Waals surface area contributed by atoms with E-state index in [1.54, 1.807) is 7.11 Å². The Bertz CT molecular complexity index is 655. The number of ether oxygens (including phenoxy) is 2. The molecule has 0 saturated heterocycles. The van der Waals surface area contributed by atoms with Gasteiger partial charge in [0, 0.05) is 0 Å². The highest BCUT2D eigenvalue weighted by molar-refractivity contribution is 5.79. The van der Waals surface area contributed by atoms with Gasteiger partial charge >= 0.3 is 0 Å². The molecule has 0 aliphatic carbocycles. The van der Waals surface area contributed by atoms with Crippen LogP contribution in [-0.2, 0) is 11.2 Å². The number of hydrogen-bond acceptors (Lipinski definition) is 3. The van der Waals surface area contributed by atoms with Gasteiger partial charge < -0.3 is 14.8 Å². The number of rotatable bonds is 8. The topological polar surface area (TPSA) is 47.6 Å². The van der Waals surface area contributed by atoms with Crippen LogP contribution in [0.3, 0.4) is 0 Å². The lowest BCUT2D eigenvalue weighted by Gasteiger charge is -2.15. The lowest BCUT2D eigenvalue weighted by atomic mass is 10.1. The summed E-state index contributed by atoms with van der Waals surface area (Å²) in [5.74, 6) is 1.35. The molecule has 0 aromatic heterocycles. The Hall–Kier alpha value is -2.49. The Labute approximate surface area is 143 Å². The zero-order valence-electron chi connectivity index (χ0n) is 14.5. The molecule has 128 valence electrons. The third kappa shape index (κ3) is 5.01. The van der Waals surface area contributed by atoms with Gasteiger partial charge in [0.15, 0.2) is 11.5 Å². The number of carbonyl (C=O) groups is 1. The van der Waals surface area contributed by atoms with Gasteiger partial charge in [-0.2, -0.15) is 0 Å². The molecule has 0 radical (unpaired) electrons. The smallest absolute Gasteiger partial charge is 0.224 e. The molecule has 0 saturated carbocycles. The lowest BCUT2D eigenvalue weighted by Crippen LogP contribution is -2.28. The molecular weight excluding hydrogens is 302 g/mol. The molecule has 1 atom stereocenters. The summed E-state index contributed by atoms with van der Waals surface area (Å²) in [6.07, 6.45) is 1.23. The molecule has 0 spiro atoms. The zero-order valence-corrected chi connectivity index (χ0v) is 14.5. The predicted molar refractivity (Wildman–Crippen MR) is 95.5 cm³/mol. The van der Waals surface area contributed by atoms with Crippen LogP contribution in [0, 0.1) is 0 Å². The summed E-state index contributed by atoms with van der Waals surface area (Å²) in [5.41, 5.74) is 1.99. The van der Waals surface area contributed by atoms with Crippen LogP contribution >= 0.6 is 0 Å². The average molecular weight is 327 g/mol. The first-order valence-electron chi connectivity index (χ1n) is 8.28. The largest absolute Gasteiger partial charge is 0.493 e. The van der Waals surface area contributed by atoms with E-state index in [-0.39, 0.29) is 11.9 Å². The summed E-state index contributed by atoms with van der Waals surface area (Å²) in [4.78, 5) is 12.3. The minimum atomic E-state index is -0.0206. The molecule has 0 aliphatic heterocycles. The Morgan fingerprint density at radius 1 is 1.12 bits per heavy atom. The van der Waals surface area contributed by atoms with Gasteiger partial charge in [0.05, 0.1) is 26.2 Å². The number of methoxy groups -OCH3 is 1. The third-order valence-corrected chi connectivity index (χ3v) is 3.73. The van der Waals surface area contributed by atoms with Gasteiger partial charge in [-0.15, -0.1) is 0 Å². The molecule has 1 N–H and O–H groups in total. The van der Waals surface area contributed by atoms with E-state index < -0.39 is 0 Å². The summed E-state index contributed by atoms with van der Waals surface area (Å²) in [5, 5.41) is 3.02. The number of carbonyl (C=O) groups excluding carboxylic acids is 1. The van der Waals surface area contributed by atoms with Gasteiger partial charge in [0.1, 0.15) is 0 Å². The second kappa shape index (κ2) is 8.96. The summed E-state index contributed by atoms with van der Waals surface area (Å²) >= 11 is 0. The van der Waals surface area contributed by atoms with E-state index in [1.165, 1.54) is 0 Å². The van der Waals surface area contributed by atoms with Gasteiger partial charge in [-0.1, -0.05) is 43.3 Å². The Morgan fingerprint density at radius 3 is 2.54 bits per heavy atom. The minimum Gasteiger partial charge on any atom is -0.493 e. The maximum absolute atomic E-state index is 12.3. The molecule has 2 aromatic carbocycles. The summed E-state index contributed by atoms with van der Waals surface area (Å²) in [6.45, 7) is 4.66. The second-order valence-corrected chi connectivity index (χ2v) is 5.71. The van der Waals surface area contributed by atoms with E-state index in [0.717, 1.165) is 17.5 Å². The van der Waals surface area contributed by atoms with E-state index in [2.05, 4.69) is 12.2 Å². The van der Waals surface area contributed by atoms with Gasteiger partial charge in [-0.25, -0.2) is 0 Å². The van der Waals surface area contributed by atoms with Crippen molar-refractivity contribution >= 4 is 5.91 Å². The molecule has 2 aromatic rings. The molecule has 0 heterocycles. The van der Waals surface area contributed by atoms with Crippen LogP contribution < -0.4 is 14.8 Å². The van der Waals surface area contributed by atoms with Crippen LogP contribution in [0.15, 0.2) is 48.5 Å². The number of benzene rings is 2. The van der Waals surface area contributed by atoms with Gasteiger partial charge in [0.2, 0.25) is 5.91 Å². The number of hydrogen-bond donors (Lipinski definition) is 1. The molecule has 4 heteroatoms. The molecule has 0 fully saturated rings. The van der Waals surface area contributed by atoms with E-state index in [9.17, 15) is 4.79 Å². The number of amides is 1. The molecule has 0 aliphatic rings. The van der Waals surface area contributed by atoms with E-state index >= 15 is 0 Å². The van der Waals surface area contributed by atoms with E-state index in [0.29, 0.717) is 24.5 Å². The second-order valence-electron chi connectivity index (χ2n) is 5.71. The van der Waals surface area contributed by atoms with Crippen molar-refractivity contribution in [2.24, 2.45) is 0 Å². The van der Waals surface area contributed by atoms with E-state index in [4.69, 9.17) is 9.47 Å². The van der Waals surface area contributed by atoms with Crippen LogP contribution in [0.1, 0.15) is 37.4 Å². The normalized spacial score (nSPS) is 11.6. The Kier molecular flexibility index (Phi) is 6.67. The van der Waals surface area contributed by atoms with Crippen molar-refractivity contribution in [3.8, 4) is 11.5 Å². The van der Waals surface area contributed by atoms with Crippen LogP contribution in [0.5, 0.6) is 11.5 Å². The fourth-order valence-corrected chi connectivity index (χ4v) is 2.46. The molecule has 4 nitrogen and oxygen atoms in total. The van der Waals surface area contributed by atoms with Crippen molar-refractivity contribution in [3.63, 3.8) is 0 Å². The minimum absolute atomic E-state index is 0.0158. The molecule has 0 unspecified atom stereocenters. The number of nitrogens with one attached hydrogen (secondary N) is 1. The van der Waals surface area contributed by atoms with Crippen molar-refractivity contribution in [1.29, 1.82) is 0 Å². The fourth-order valence-electron chi connectivity index (χ4n) is 2.46. The van der Waals surface area contributed by atoms with Crippen molar-refractivity contribution in [2.75, 3.05) is 13.7 Å². The Morgan fingerprint density at radius 2 is 1.88 bits per heavy atom. The maximum atomic E-state index is 12.3. The lowest BCUT2D eigenvalue weighted by molar-refractivity contribution is -0.121. The average Bonchev–Trinajstić information content (AvgIpc) is 2.60. The standard InChI is InChI=1S/C20H25NO3/c1-4-12-24-19-13-16(10-11-18(19)23-3)14-20(22)21-15(2)17-8-6-5-7-9-17/h5-11,13,15H,4,12,14H2,1-3H3,(H,21,22)/t15-/m0/s1. The zero-order chi connectivity index (χ0) is 17.4. The van der Waals surface area contributed by atoms with Crippen LogP contribution in [0.25, 0.3) is 0 Å². The van der Waals surface area contributed by atoms with Gasteiger partial charge in [0.25, 0.3) is 0 Å². The first-order valence-corrected chi connectivity index (χ1v) is 8.28. The van der Waals surface area contributed by atoms with Crippen LogP contribution in [0.2, 0.25) is 0 Å². The van der Waals surface area contributed by atoms with Crippen molar-refractivity contribution in [3.05, 3.63) is 59.7 Å². The SMILES string of the molecule is CCCOc1cc(CC(=O)N[C@@H](C)c2ccccc2)ccc1OC. The predicted octanol–water partition coefficient (Wildman–Crippen LogP) is 3.90. The highest BCUT2D eigenvalue weighted by Crippen LogP contribution is 2.28. The molecule has 2 rings (SSSR count). The first-order chi connectivity index (χ1) is 11.6. The molecule has 24 heavy (non-hydrogen) atoms. The van der Waals surface area contributed by atoms with Crippen molar-refractivity contribution < 1.29 is 14.3 Å². The quantitative estimate of drug-likeness (QED) is 0.800. The summed E-state index contributed by atoms with van der Waals surface area (Å²) in [7, 11) is 1.61. The van der Waals surface area contributed by atoms with Crippen LogP contribution in [0.4, 0.5) is 0 Å². The summed E-state index contributed by atoms with van der Waals surface area (Å²) in [6, 6.07) is 15.5. The highest BCUT2D eigenvalue weighted by atomic mass is 16.5. The first kappa shape index (κ1) is 17.9. The monoisotopic (exact) mass is 327 g/mol.